The van der Waals surface area contributed by atoms with Gasteiger partial charge in [0.15, 0.2) is 0 Å². The molecule has 8 heteroatoms. The summed E-state index contributed by atoms with van der Waals surface area (Å²) < 4.78 is 26.9. The zero-order chi connectivity index (χ0) is 24.6. The van der Waals surface area contributed by atoms with E-state index in [-0.39, 0.29) is 0 Å². The molecule has 3 rings (SSSR count). The maximum Gasteiger partial charge on any atom is 0.513 e. The smallest absolute Gasteiger partial charge is 0.475 e. The number of quaternary nitrogens is 1. The van der Waals surface area contributed by atoms with Crippen molar-refractivity contribution < 1.29 is 23.5 Å². The van der Waals surface area contributed by atoms with Crippen LogP contribution in [0.25, 0.3) is 5.57 Å². The van der Waals surface area contributed by atoms with E-state index < -0.39 is 18.0 Å². The van der Waals surface area contributed by atoms with E-state index in [1.807, 2.05) is 51.1 Å². The summed E-state index contributed by atoms with van der Waals surface area (Å²) in [5, 5.41) is 0. The maximum absolute atomic E-state index is 12.7. The van der Waals surface area contributed by atoms with E-state index in [0.717, 1.165) is 42.6 Å². The van der Waals surface area contributed by atoms with Crippen LogP contribution in [0.4, 0.5) is 4.79 Å². The monoisotopic (exact) mass is 488 g/mol. The first-order chi connectivity index (χ1) is 16.2. The highest BCUT2D eigenvalue weighted by Crippen LogP contribution is 2.37. The second-order valence-corrected chi connectivity index (χ2v) is 10.6. The van der Waals surface area contributed by atoms with Crippen LogP contribution in [0, 0.1) is 0 Å². The number of carbonyl (C=O) groups excluding carboxylic acids is 1. The van der Waals surface area contributed by atoms with Crippen molar-refractivity contribution in [3.63, 3.8) is 0 Å². The summed E-state index contributed by atoms with van der Waals surface area (Å²) in [6, 6.07) is 9.86. The van der Waals surface area contributed by atoms with Crippen LogP contribution in [0.15, 0.2) is 36.4 Å². The zero-order valence-electron chi connectivity index (χ0n) is 21.1. The number of ether oxygens (including phenoxy) is 3. The predicted octanol–water partition coefficient (Wildman–Crippen LogP) is 6.38. The van der Waals surface area contributed by atoms with Gasteiger partial charge in [-0.25, -0.2) is 4.79 Å². The van der Waals surface area contributed by atoms with Crippen molar-refractivity contribution in [2.45, 2.75) is 71.6 Å². The van der Waals surface area contributed by atoms with Crippen molar-refractivity contribution in [2.24, 2.45) is 0 Å². The lowest BCUT2D eigenvalue weighted by Gasteiger charge is -2.42. The number of nitrogens with zero attached hydrogens (tertiary/aromatic N) is 3. The van der Waals surface area contributed by atoms with E-state index in [1.54, 1.807) is 0 Å². The molecule has 1 aliphatic heterocycles. The van der Waals surface area contributed by atoms with Gasteiger partial charge in [-0.2, -0.15) is 4.37 Å². The molecule has 34 heavy (non-hydrogen) atoms. The molecule has 7 nitrogen and oxygen atoms in total. The van der Waals surface area contributed by atoms with Crippen molar-refractivity contribution >= 4 is 23.5 Å². The Morgan fingerprint density at radius 2 is 1.91 bits per heavy atom. The molecule has 186 valence electrons. The van der Waals surface area contributed by atoms with E-state index in [2.05, 4.69) is 28.8 Å². The summed E-state index contributed by atoms with van der Waals surface area (Å²) in [4.78, 5) is 12.7. The number of unbranched alkanes of at least 4 members (excludes halogenated alkanes) is 3. The third kappa shape index (κ3) is 7.27. The summed E-state index contributed by atoms with van der Waals surface area (Å²) in [5.74, 6) is 0.602. The first-order valence-electron chi connectivity index (χ1n) is 12.2. The molecule has 1 aromatic heterocycles. The molecule has 0 saturated carbocycles. The van der Waals surface area contributed by atoms with Gasteiger partial charge >= 0.3 is 6.16 Å². The minimum absolute atomic E-state index is 0.489. The Hall–Kier alpha value is -2.45. The van der Waals surface area contributed by atoms with Crippen molar-refractivity contribution in [3.8, 4) is 5.88 Å². The number of carbonyl (C=O) groups is 1. The van der Waals surface area contributed by atoms with Crippen molar-refractivity contribution in [3.05, 3.63) is 47.7 Å². The van der Waals surface area contributed by atoms with Gasteiger partial charge in [0.25, 0.3) is 12.1 Å². The highest BCUT2D eigenvalue weighted by atomic mass is 32.1. The molecular weight excluding hydrogens is 450 g/mol. The Bertz CT molecular complexity index is 954. The van der Waals surface area contributed by atoms with Crippen LogP contribution in [0.2, 0.25) is 0 Å². The summed E-state index contributed by atoms with van der Waals surface area (Å²) in [6.07, 6.45) is 6.44. The third-order valence-electron chi connectivity index (χ3n) is 5.81. The molecule has 0 aliphatic carbocycles. The standard InChI is InChI=1S/C26H38N3O4S/c1-6-7-8-12-18-31-23-22(27-34-28-23)21-16-13-17-29(5,19-21)24(20-14-10-9-11-15-20)32-25(30)33-26(2,3)4/h9-11,14-16,24H,6-8,12-13,17-19H2,1-5H3/q+1. The van der Waals surface area contributed by atoms with Crippen LogP contribution in [-0.4, -0.2) is 51.7 Å². The van der Waals surface area contributed by atoms with Crippen LogP contribution in [0.3, 0.4) is 0 Å². The van der Waals surface area contributed by atoms with Gasteiger partial charge in [0.2, 0.25) is 0 Å². The predicted molar refractivity (Wildman–Crippen MR) is 135 cm³/mol. The van der Waals surface area contributed by atoms with Gasteiger partial charge in [-0.3, -0.25) is 4.48 Å². The minimum atomic E-state index is -0.664. The van der Waals surface area contributed by atoms with Crippen molar-refractivity contribution in [1.82, 2.24) is 8.75 Å². The van der Waals surface area contributed by atoms with Gasteiger partial charge in [-0.1, -0.05) is 50.5 Å². The molecule has 0 N–H and O–H groups in total. The summed E-state index contributed by atoms with van der Waals surface area (Å²) >= 11 is 1.17. The van der Waals surface area contributed by atoms with Gasteiger partial charge in [-0.05, 0) is 39.3 Å². The largest absolute Gasteiger partial charge is 0.513 e. The van der Waals surface area contributed by atoms with E-state index in [0.29, 0.717) is 23.5 Å². The lowest BCUT2D eigenvalue weighted by atomic mass is 10.0. The first-order valence-corrected chi connectivity index (χ1v) is 12.9. The lowest BCUT2D eigenvalue weighted by Crippen LogP contribution is -2.52. The van der Waals surface area contributed by atoms with Crippen LogP contribution >= 0.6 is 11.7 Å². The highest BCUT2D eigenvalue weighted by Gasteiger charge is 2.41. The van der Waals surface area contributed by atoms with Crippen LogP contribution in [0.1, 0.15) is 77.3 Å². The highest BCUT2D eigenvalue weighted by molar-refractivity contribution is 6.99. The molecule has 0 bridgehead atoms. The summed E-state index contributed by atoms with van der Waals surface area (Å²) in [6.45, 7) is 9.81. The van der Waals surface area contributed by atoms with Crippen LogP contribution in [0.5, 0.6) is 5.88 Å². The molecule has 2 aromatic rings. The molecule has 0 fully saturated rings. The summed E-state index contributed by atoms with van der Waals surface area (Å²) in [5.41, 5.74) is 2.17. The number of hydrogen-bond acceptors (Lipinski definition) is 7. The van der Waals surface area contributed by atoms with Gasteiger partial charge in [-0.15, -0.1) is 4.37 Å². The molecular formula is C26H38N3O4S+. The average molecular weight is 489 g/mol. The first kappa shape index (κ1) is 26.2. The molecule has 0 saturated heterocycles. The van der Waals surface area contributed by atoms with E-state index in [1.165, 1.54) is 24.6 Å². The van der Waals surface area contributed by atoms with E-state index >= 15 is 0 Å². The number of benzene rings is 1. The summed E-state index contributed by atoms with van der Waals surface area (Å²) in [7, 11) is 2.11. The molecule has 1 aliphatic rings. The average Bonchev–Trinajstić information content (AvgIpc) is 3.25. The Morgan fingerprint density at radius 1 is 1.15 bits per heavy atom. The van der Waals surface area contributed by atoms with E-state index in [9.17, 15) is 4.79 Å². The van der Waals surface area contributed by atoms with Gasteiger partial charge < -0.3 is 14.2 Å². The molecule has 0 amide bonds. The Labute approximate surface area is 207 Å². The second-order valence-electron chi connectivity index (χ2n) is 10.1. The fourth-order valence-corrected chi connectivity index (χ4v) is 4.68. The molecule has 0 spiro atoms. The molecule has 0 radical (unpaired) electrons. The second kappa shape index (κ2) is 11.8. The Morgan fingerprint density at radius 3 is 2.62 bits per heavy atom. The van der Waals surface area contributed by atoms with Gasteiger partial charge in [0.1, 0.15) is 17.8 Å². The van der Waals surface area contributed by atoms with E-state index in [4.69, 9.17) is 14.2 Å². The fourth-order valence-electron chi connectivity index (χ4n) is 4.15. The molecule has 2 atom stereocenters. The number of rotatable bonds is 10. The van der Waals surface area contributed by atoms with Gasteiger partial charge in [0.05, 0.1) is 37.5 Å². The minimum Gasteiger partial charge on any atom is -0.475 e. The van der Waals surface area contributed by atoms with Gasteiger partial charge in [0, 0.05) is 12.0 Å². The lowest BCUT2D eigenvalue weighted by molar-refractivity contribution is -0.953. The fraction of sp³-hybridized carbons (Fsp3) is 0.577. The zero-order valence-corrected chi connectivity index (χ0v) is 21.9. The van der Waals surface area contributed by atoms with Crippen LogP contribution in [-0.2, 0) is 9.47 Å². The SMILES string of the molecule is CCCCCCOc1nsnc1C1=CCC[N+](C)(C(OC(=O)OC(C)(C)C)c2ccccc2)C1. The van der Waals surface area contributed by atoms with Crippen molar-refractivity contribution in [1.29, 1.82) is 0 Å². The topological polar surface area (TPSA) is 70.5 Å². The molecule has 1 aromatic carbocycles. The number of likely N-dealkylation sites (N-methyl/N-ethyl adjacent to an activating group) is 1. The third-order valence-corrected chi connectivity index (χ3v) is 6.32. The molecule has 2 heterocycles. The Kier molecular flexibility index (Phi) is 9.08. The number of hydrogen-bond donors (Lipinski definition) is 0. The van der Waals surface area contributed by atoms with Crippen molar-refractivity contribution in [2.75, 3.05) is 26.7 Å². The number of aromatic nitrogens is 2. The maximum atomic E-state index is 12.7. The van der Waals surface area contributed by atoms with Crippen LogP contribution < -0.4 is 4.74 Å². The Balaban J connectivity index is 1.78. The normalized spacial score (nSPS) is 19.3. The quantitative estimate of drug-likeness (QED) is 0.219. The molecule has 2 unspecified atom stereocenters.